The van der Waals surface area contributed by atoms with Gasteiger partial charge in [0.25, 0.3) is 14.1 Å². The number of ether oxygens (including phenoxy) is 3. The first-order valence-corrected chi connectivity index (χ1v) is 19.2. The molecule has 262 valence electrons. The van der Waals surface area contributed by atoms with Crippen molar-refractivity contribution >= 4 is 26.7 Å². The maximum absolute atomic E-state index is 13.7. The molecule has 19 heteroatoms. The SMILES string of the molecule is [C-]#[N+]CCOP(O[C@H]1[C@@H](OCCOC)[C@H](n2cc(C)c(=O)[nH]c2=O)O[C@@H]1CSP(=O)(OCC[N+]#[C-])OCC[N+]#[C-])N(C(C)C)C(C)C. The van der Waals surface area contributed by atoms with E-state index in [1.807, 2.05) is 32.4 Å². The Morgan fingerprint density at radius 1 is 1.00 bits per heavy atom. The zero-order valence-corrected chi connectivity index (χ0v) is 30.1. The highest BCUT2D eigenvalue weighted by atomic mass is 32.7. The second-order valence-corrected chi connectivity index (χ2v) is 16.2. The van der Waals surface area contributed by atoms with Crippen LogP contribution in [0.4, 0.5) is 0 Å². The van der Waals surface area contributed by atoms with Crippen LogP contribution in [0.2, 0.25) is 0 Å². The molecule has 0 radical (unpaired) electrons. The van der Waals surface area contributed by atoms with Crippen LogP contribution < -0.4 is 11.2 Å². The van der Waals surface area contributed by atoms with Crippen molar-refractivity contribution in [2.75, 3.05) is 65.5 Å². The molecule has 16 nitrogen and oxygen atoms in total. The average molecular weight is 719 g/mol. The van der Waals surface area contributed by atoms with E-state index in [9.17, 15) is 14.2 Å². The third kappa shape index (κ3) is 12.7. The summed E-state index contributed by atoms with van der Waals surface area (Å²) < 4.78 is 58.8. The van der Waals surface area contributed by atoms with Gasteiger partial charge in [0, 0.05) is 36.7 Å². The van der Waals surface area contributed by atoms with Crippen LogP contribution in [0.5, 0.6) is 0 Å². The van der Waals surface area contributed by atoms with Crippen LogP contribution in [0.25, 0.3) is 14.5 Å². The molecule has 1 aromatic heterocycles. The molecular formula is C28H44N6O10P2S. The molecule has 2 rings (SSSR count). The van der Waals surface area contributed by atoms with E-state index in [0.717, 1.165) is 11.4 Å². The van der Waals surface area contributed by atoms with Crippen molar-refractivity contribution in [2.24, 2.45) is 0 Å². The van der Waals surface area contributed by atoms with E-state index in [-0.39, 0.29) is 76.1 Å². The average Bonchev–Trinajstić information content (AvgIpc) is 3.34. The summed E-state index contributed by atoms with van der Waals surface area (Å²) in [5.41, 5.74) is -1.01. The lowest BCUT2D eigenvalue weighted by molar-refractivity contribution is -0.0774. The van der Waals surface area contributed by atoms with Gasteiger partial charge in [-0.1, -0.05) is 0 Å². The highest BCUT2D eigenvalue weighted by Crippen LogP contribution is 2.61. The van der Waals surface area contributed by atoms with Crippen molar-refractivity contribution in [1.29, 1.82) is 0 Å². The van der Waals surface area contributed by atoms with Crippen LogP contribution in [0.15, 0.2) is 15.8 Å². The molecule has 0 saturated carbocycles. The molecule has 0 aliphatic carbocycles. The zero-order valence-electron chi connectivity index (χ0n) is 27.5. The van der Waals surface area contributed by atoms with Crippen molar-refractivity contribution in [3.05, 3.63) is 66.8 Å². The Morgan fingerprint density at radius 3 is 2.15 bits per heavy atom. The fraction of sp³-hybridized carbons (Fsp3) is 0.750. The topological polar surface area (TPSA) is 153 Å². The summed E-state index contributed by atoms with van der Waals surface area (Å²) in [5.74, 6) is -0.0374. The summed E-state index contributed by atoms with van der Waals surface area (Å²) in [5, 5.41) is 0. The normalized spacial score (nSPS) is 20.4. The van der Waals surface area contributed by atoms with Crippen molar-refractivity contribution in [1.82, 2.24) is 14.2 Å². The molecule has 1 N–H and O–H groups in total. The molecule has 1 fully saturated rings. The number of methoxy groups -OCH3 is 1. The lowest BCUT2D eigenvalue weighted by Crippen LogP contribution is -2.42. The molecule has 1 aromatic rings. The van der Waals surface area contributed by atoms with Crippen molar-refractivity contribution in [3.63, 3.8) is 0 Å². The number of nitrogens with zero attached hydrogens (tertiary/aromatic N) is 5. The van der Waals surface area contributed by atoms with Crippen LogP contribution >= 0.6 is 26.7 Å². The van der Waals surface area contributed by atoms with E-state index >= 15 is 0 Å². The van der Waals surface area contributed by atoms with Crippen molar-refractivity contribution in [3.8, 4) is 0 Å². The third-order valence-electron chi connectivity index (χ3n) is 6.47. The molecule has 0 bridgehead atoms. The fourth-order valence-electron chi connectivity index (χ4n) is 4.48. The molecular weight excluding hydrogens is 674 g/mol. The van der Waals surface area contributed by atoms with Crippen molar-refractivity contribution in [2.45, 2.75) is 71.2 Å². The number of nitrogens with one attached hydrogen (secondary N) is 1. The van der Waals surface area contributed by atoms with Crippen LogP contribution in [-0.4, -0.2) is 110 Å². The molecule has 0 amide bonds. The molecule has 5 atom stereocenters. The predicted octanol–water partition coefficient (Wildman–Crippen LogP) is 4.15. The highest BCUT2D eigenvalue weighted by molar-refractivity contribution is 8.55. The van der Waals surface area contributed by atoms with Gasteiger partial charge in [0.1, 0.15) is 32.0 Å². The Balaban J connectivity index is 2.61. The Labute approximate surface area is 281 Å². The Bertz CT molecular complexity index is 1380. The molecule has 1 aliphatic rings. The lowest BCUT2D eigenvalue weighted by atomic mass is 10.1. The maximum atomic E-state index is 13.7. The molecule has 1 aliphatic heterocycles. The van der Waals surface area contributed by atoms with E-state index in [4.69, 9.17) is 52.0 Å². The second kappa shape index (κ2) is 21.0. The van der Waals surface area contributed by atoms with Gasteiger partial charge in [-0.25, -0.2) is 33.7 Å². The van der Waals surface area contributed by atoms with Gasteiger partial charge in [0.2, 0.25) is 19.6 Å². The van der Waals surface area contributed by atoms with E-state index in [0.29, 0.717) is 0 Å². The minimum atomic E-state index is -3.88. The Morgan fingerprint density at radius 2 is 1.60 bits per heavy atom. The van der Waals surface area contributed by atoms with Crippen LogP contribution in [-0.2, 0) is 36.9 Å². The number of rotatable bonds is 22. The number of aryl methyl sites for hydroxylation is 1. The molecule has 1 unspecified atom stereocenters. The smallest absolute Gasteiger partial charge is 0.382 e. The molecule has 1 saturated heterocycles. The molecule has 0 aromatic carbocycles. The zero-order chi connectivity index (χ0) is 35.0. The number of hydrogen-bond donors (Lipinski definition) is 1. The fourth-order valence-corrected chi connectivity index (χ4v) is 9.55. The minimum absolute atomic E-state index is 0.0239. The first-order chi connectivity index (χ1) is 22.4. The van der Waals surface area contributed by atoms with Gasteiger partial charge in [-0.15, -0.1) is 0 Å². The van der Waals surface area contributed by atoms with Gasteiger partial charge in [0.05, 0.1) is 19.3 Å². The highest BCUT2D eigenvalue weighted by Gasteiger charge is 2.51. The third-order valence-corrected chi connectivity index (χ3v) is 12.4. The molecule has 0 spiro atoms. The first kappa shape index (κ1) is 41.0. The molecule has 47 heavy (non-hydrogen) atoms. The number of hydrogen-bond acceptors (Lipinski definition) is 12. The van der Waals surface area contributed by atoms with Crippen molar-refractivity contribution < 1.29 is 36.9 Å². The summed E-state index contributed by atoms with van der Waals surface area (Å²) in [6, 6.07) is -0.0477. The quantitative estimate of drug-likeness (QED) is 0.104. The van der Waals surface area contributed by atoms with E-state index in [1.54, 1.807) is 6.92 Å². The van der Waals surface area contributed by atoms with Crippen LogP contribution in [0.3, 0.4) is 0 Å². The summed E-state index contributed by atoms with van der Waals surface area (Å²) in [6.07, 6.45) is -2.49. The summed E-state index contributed by atoms with van der Waals surface area (Å²) in [4.78, 5) is 37.4. The number of aromatic nitrogens is 2. The number of aromatic amines is 1. The Hall–Kier alpha value is -2.16. The largest absolute Gasteiger partial charge is 0.389 e. The maximum Gasteiger partial charge on any atom is 0.389 e. The number of H-pyrrole nitrogens is 1. The van der Waals surface area contributed by atoms with E-state index in [1.165, 1.54) is 17.9 Å². The monoisotopic (exact) mass is 718 g/mol. The van der Waals surface area contributed by atoms with Gasteiger partial charge < -0.3 is 37.8 Å². The van der Waals surface area contributed by atoms with Gasteiger partial charge in [-0.3, -0.25) is 23.4 Å². The second-order valence-electron chi connectivity index (χ2n) is 10.6. The van der Waals surface area contributed by atoms with Gasteiger partial charge in [-0.2, -0.15) is 0 Å². The van der Waals surface area contributed by atoms with Gasteiger partial charge in [0.15, 0.2) is 6.23 Å². The minimum Gasteiger partial charge on any atom is -0.382 e. The van der Waals surface area contributed by atoms with Crippen LogP contribution in [0.1, 0.15) is 39.5 Å². The predicted molar refractivity (Wildman–Crippen MR) is 178 cm³/mol. The standard InChI is InChI=1S/C28H44N6O10P2S/c1-20(2)34(21(3)4)45(40-13-10-29-6)44-24-23(19-47-46(37,41-14-11-30-7)42-15-12-31-8)43-27(25(24)39-17-16-38-9)33-18-22(5)26(35)32-28(33)36/h18,20-21,23-25,27H,10-17,19H2,1-5,9H3,(H,32,35,36)/t23-,24-,25-,27-,45?/m1/s1. The van der Waals surface area contributed by atoms with Gasteiger partial charge >= 0.3 is 12.5 Å². The van der Waals surface area contributed by atoms with Gasteiger partial charge in [-0.05, 0) is 46.0 Å². The summed E-state index contributed by atoms with van der Waals surface area (Å²) >= 11 is 0.821. The summed E-state index contributed by atoms with van der Waals surface area (Å²) in [6.45, 7) is 27.1. The Kier molecular flexibility index (Phi) is 18.4. The molecule has 2 heterocycles. The van der Waals surface area contributed by atoms with E-state index < -0.39 is 51.1 Å². The van der Waals surface area contributed by atoms with E-state index in [2.05, 4.69) is 19.5 Å². The first-order valence-electron chi connectivity index (χ1n) is 14.9. The summed E-state index contributed by atoms with van der Waals surface area (Å²) in [7, 11) is -0.304. The lowest BCUT2D eigenvalue weighted by Gasteiger charge is -2.38. The van der Waals surface area contributed by atoms with Crippen LogP contribution in [0, 0.1) is 26.6 Å².